The highest BCUT2D eigenvalue weighted by molar-refractivity contribution is 6.06. The van der Waals surface area contributed by atoms with Gasteiger partial charge in [0, 0.05) is 16.9 Å². The van der Waals surface area contributed by atoms with Crippen LogP contribution in [0.25, 0.3) is 32.7 Å². The molecule has 0 heterocycles. The monoisotopic (exact) mass is 449 g/mol. The third kappa shape index (κ3) is 3.96. The SMILES string of the molecule is Cc1ccc(N(c2ccc(C)cc2)c2ccc3ccccc3c2-c2ccc3ccccc3c2)cc1. The molecule has 0 fully saturated rings. The lowest BCUT2D eigenvalue weighted by Gasteiger charge is -2.29. The van der Waals surface area contributed by atoms with E-state index < -0.39 is 0 Å². The summed E-state index contributed by atoms with van der Waals surface area (Å²) in [5.41, 5.74) is 8.45. The van der Waals surface area contributed by atoms with E-state index in [0.717, 1.165) is 11.4 Å². The van der Waals surface area contributed by atoms with Gasteiger partial charge < -0.3 is 4.90 Å². The molecule has 0 amide bonds. The van der Waals surface area contributed by atoms with Gasteiger partial charge >= 0.3 is 0 Å². The van der Waals surface area contributed by atoms with Crippen LogP contribution in [0.4, 0.5) is 17.1 Å². The molecule has 6 rings (SSSR count). The third-order valence-electron chi connectivity index (χ3n) is 6.77. The summed E-state index contributed by atoms with van der Waals surface area (Å²) >= 11 is 0. The molecule has 1 nitrogen and oxygen atoms in total. The van der Waals surface area contributed by atoms with Gasteiger partial charge in [0.2, 0.25) is 0 Å². The average Bonchev–Trinajstić information content (AvgIpc) is 2.90. The number of benzene rings is 6. The smallest absolute Gasteiger partial charge is 0.0546 e. The molecule has 0 N–H and O–H groups in total. The molecule has 0 aliphatic rings. The fraction of sp³-hybridized carbons (Fsp3) is 0.0588. The van der Waals surface area contributed by atoms with Crippen molar-refractivity contribution in [3.63, 3.8) is 0 Å². The summed E-state index contributed by atoms with van der Waals surface area (Å²) in [6.45, 7) is 4.27. The number of aryl methyl sites for hydroxylation is 2. The zero-order valence-electron chi connectivity index (χ0n) is 20.1. The molecular weight excluding hydrogens is 422 g/mol. The van der Waals surface area contributed by atoms with Crippen LogP contribution in [-0.2, 0) is 0 Å². The van der Waals surface area contributed by atoms with Crippen LogP contribution in [0.2, 0.25) is 0 Å². The summed E-state index contributed by atoms with van der Waals surface area (Å²) in [6, 6.07) is 46.2. The van der Waals surface area contributed by atoms with Gasteiger partial charge in [-0.15, -0.1) is 0 Å². The zero-order valence-corrected chi connectivity index (χ0v) is 20.1. The topological polar surface area (TPSA) is 3.24 Å². The second kappa shape index (κ2) is 8.77. The summed E-state index contributed by atoms with van der Waals surface area (Å²) in [4.78, 5) is 2.38. The Morgan fingerprint density at radius 3 is 1.66 bits per heavy atom. The Hall–Kier alpha value is -4.36. The Kier molecular flexibility index (Phi) is 5.31. The lowest BCUT2D eigenvalue weighted by Crippen LogP contribution is -2.11. The van der Waals surface area contributed by atoms with Crippen LogP contribution in [0, 0.1) is 13.8 Å². The molecule has 0 spiro atoms. The van der Waals surface area contributed by atoms with Crippen molar-refractivity contribution in [3.05, 3.63) is 139 Å². The van der Waals surface area contributed by atoms with Crippen molar-refractivity contribution in [2.75, 3.05) is 4.90 Å². The van der Waals surface area contributed by atoms with Crippen LogP contribution in [0.3, 0.4) is 0 Å². The maximum atomic E-state index is 2.38. The first-order valence-electron chi connectivity index (χ1n) is 12.1. The van der Waals surface area contributed by atoms with E-state index in [1.807, 2.05) is 0 Å². The van der Waals surface area contributed by atoms with E-state index in [-0.39, 0.29) is 0 Å². The molecule has 6 aromatic rings. The number of fused-ring (bicyclic) bond motifs is 2. The maximum absolute atomic E-state index is 2.38. The summed E-state index contributed by atoms with van der Waals surface area (Å²) in [6.07, 6.45) is 0. The van der Waals surface area contributed by atoms with Gasteiger partial charge in [0.15, 0.2) is 0 Å². The summed E-state index contributed by atoms with van der Waals surface area (Å²) < 4.78 is 0. The van der Waals surface area contributed by atoms with E-state index >= 15 is 0 Å². The first kappa shape index (κ1) is 21.2. The van der Waals surface area contributed by atoms with Crippen LogP contribution in [0.1, 0.15) is 11.1 Å². The van der Waals surface area contributed by atoms with Crippen LogP contribution in [0.5, 0.6) is 0 Å². The normalized spacial score (nSPS) is 11.1. The second-order valence-electron chi connectivity index (χ2n) is 9.25. The van der Waals surface area contributed by atoms with Crippen molar-refractivity contribution in [2.24, 2.45) is 0 Å². The Morgan fingerprint density at radius 2 is 1.00 bits per heavy atom. The molecule has 0 aliphatic heterocycles. The van der Waals surface area contributed by atoms with Crippen molar-refractivity contribution < 1.29 is 0 Å². The number of hydrogen-bond donors (Lipinski definition) is 0. The molecule has 35 heavy (non-hydrogen) atoms. The predicted octanol–water partition coefficient (Wildman–Crippen LogP) is 9.75. The predicted molar refractivity (Wildman–Crippen MR) is 151 cm³/mol. The third-order valence-corrected chi connectivity index (χ3v) is 6.77. The second-order valence-corrected chi connectivity index (χ2v) is 9.25. The van der Waals surface area contributed by atoms with Gasteiger partial charge in [0.05, 0.1) is 5.69 Å². The highest BCUT2D eigenvalue weighted by Gasteiger charge is 2.19. The molecule has 1 heteroatoms. The van der Waals surface area contributed by atoms with E-state index in [1.165, 1.54) is 49.5 Å². The number of anilines is 3. The maximum Gasteiger partial charge on any atom is 0.0546 e. The first-order valence-corrected chi connectivity index (χ1v) is 12.1. The lowest BCUT2D eigenvalue weighted by atomic mass is 9.93. The highest BCUT2D eigenvalue weighted by Crippen LogP contribution is 2.44. The van der Waals surface area contributed by atoms with Gasteiger partial charge in [-0.2, -0.15) is 0 Å². The Balaban J connectivity index is 1.67. The van der Waals surface area contributed by atoms with E-state index in [2.05, 4.69) is 146 Å². The largest absolute Gasteiger partial charge is 0.310 e. The van der Waals surface area contributed by atoms with E-state index in [0.29, 0.717) is 0 Å². The number of rotatable bonds is 4. The molecular formula is C34H27N. The molecule has 0 saturated heterocycles. The Bertz CT molecular complexity index is 1600. The quantitative estimate of drug-likeness (QED) is 0.259. The van der Waals surface area contributed by atoms with Crippen molar-refractivity contribution in [1.82, 2.24) is 0 Å². The molecule has 0 bridgehead atoms. The minimum atomic E-state index is 1.15. The highest BCUT2D eigenvalue weighted by atomic mass is 15.1. The number of hydrogen-bond acceptors (Lipinski definition) is 1. The van der Waals surface area contributed by atoms with E-state index in [1.54, 1.807) is 0 Å². The average molecular weight is 450 g/mol. The van der Waals surface area contributed by atoms with Gasteiger partial charge in [-0.25, -0.2) is 0 Å². The van der Waals surface area contributed by atoms with Crippen molar-refractivity contribution in [2.45, 2.75) is 13.8 Å². The minimum absolute atomic E-state index is 1.15. The fourth-order valence-electron chi connectivity index (χ4n) is 4.91. The van der Waals surface area contributed by atoms with Crippen LogP contribution in [0.15, 0.2) is 127 Å². The molecule has 0 radical (unpaired) electrons. The standard InChI is InChI=1S/C34H27N/c1-24-11-18-30(19-12-24)35(31-20-13-25(2)14-21-31)33-22-17-27-8-5-6-10-32(27)34(33)29-16-15-26-7-3-4-9-28(26)23-29/h3-23H,1-2H3. The zero-order chi connectivity index (χ0) is 23.8. The summed E-state index contributed by atoms with van der Waals surface area (Å²) in [5.74, 6) is 0. The molecule has 0 aliphatic carbocycles. The van der Waals surface area contributed by atoms with Crippen LogP contribution >= 0.6 is 0 Å². The Labute approximate surface area is 206 Å². The fourth-order valence-corrected chi connectivity index (χ4v) is 4.91. The van der Waals surface area contributed by atoms with Crippen molar-refractivity contribution in [3.8, 4) is 11.1 Å². The molecule has 6 aromatic carbocycles. The summed E-state index contributed by atoms with van der Waals surface area (Å²) in [7, 11) is 0. The van der Waals surface area contributed by atoms with Gasteiger partial charge in [0.1, 0.15) is 0 Å². The molecule has 0 atom stereocenters. The van der Waals surface area contributed by atoms with Gasteiger partial charge in [0.25, 0.3) is 0 Å². The Morgan fingerprint density at radius 1 is 0.457 bits per heavy atom. The van der Waals surface area contributed by atoms with Gasteiger partial charge in [-0.3, -0.25) is 0 Å². The van der Waals surface area contributed by atoms with Crippen molar-refractivity contribution in [1.29, 1.82) is 0 Å². The first-order chi connectivity index (χ1) is 17.2. The van der Waals surface area contributed by atoms with Crippen molar-refractivity contribution >= 4 is 38.6 Å². The van der Waals surface area contributed by atoms with Crippen LogP contribution < -0.4 is 4.90 Å². The lowest BCUT2D eigenvalue weighted by molar-refractivity contribution is 1.27. The van der Waals surface area contributed by atoms with Gasteiger partial charge in [-0.05, 0) is 77.4 Å². The molecule has 0 unspecified atom stereocenters. The van der Waals surface area contributed by atoms with E-state index in [9.17, 15) is 0 Å². The molecule has 0 aromatic heterocycles. The molecule has 0 saturated carbocycles. The minimum Gasteiger partial charge on any atom is -0.310 e. The van der Waals surface area contributed by atoms with E-state index in [4.69, 9.17) is 0 Å². The number of nitrogens with zero attached hydrogens (tertiary/aromatic N) is 1. The molecule has 168 valence electrons. The van der Waals surface area contributed by atoms with Gasteiger partial charge in [-0.1, -0.05) is 102 Å². The van der Waals surface area contributed by atoms with Crippen LogP contribution in [-0.4, -0.2) is 0 Å². The summed E-state index contributed by atoms with van der Waals surface area (Å²) in [5, 5.41) is 5.00.